The number of sulfone groups is 1. The molecule has 2 heterocycles. The van der Waals surface area contributed by atoms with Crippen LogP contribution in [-0.2, 0) is 19.4 Å². The van der Waals surface area contributed by atoms with Gasteiger partial charge in [0.2, 0.25) is 11.8 Å². The predicted molar refractivity (Wildman–Crippen MR) is 106 cm³/mol. The zero-order valence-electron chi connectivity index (χ0n) is 16.4. The highest BCUT2D eigenvalue weighted by Gasteiger charge is 2.37. The molecule has 0 saturated carbocycles. The summed E-state index contributed by atoms with van der Waals surface area (Å²) in [5.41, 5.74) is 0.945. The predicted octanol–water partition coefficient (Wildman–Crippen LogP) is 1.48. The highest BCUT2D eigenvalue weighted by molar-refractivity contribution is 7.90. The van der Waals surface area contributed by atoms with Crippen molar-refractivity contribution in [3.05, 3.63) is 29.8 Å². The monoisotopic (exact) mass is 408 g/mol. The van der Waals surface area contributed by atoms with Gasteiger partial charge in [-0.3, -0.25) is 9.59 Å². The summed E-state index contributed by atoms with van der Waals surface area (Å²) in [6.45, 7) is 2.97. The Morgan fingerprint density at radius 2 is 2.04 bits per heavy atom. The lowest BCUT2D eigenvalue weighted by atomic mass is 9.94. The Kier molecular flexibility index (Phi) is 6.27. The molecular weight excluding hydrogens is 380 g/mol. The number of nitrogens with zero attached hydrogens (tertiary/aromatic N) is 1. The van der Waals surface area contributed by atoms with Crippen LogP contribution in [0.2, 0.25) is 0 Å². The number of hydrogen-bond acceptors (Lipinski definition) is 5. The largest absolute Gasteiger partial charge is 0.492 e. The summed E-state index contributed by atoms with van der Waals surface area (Å²) in [6, 6.07) is 7.69. The lowest BCUT2D eigenvalue weighted by molar-refractivity contribution is -0.136. The maximum Gasteiger partial charge on any atom is 0.233 e. The van der Waals surface area contributed by atoms with Crippen molar-refractivity contribution in [3.63, 3.8) is 0 Å². The molecule has 1 aromatic carbocycles. The van der Waals surface area contributed by atoms with E-state index >= 15 is 0 Å². The van der Waals surface area contributed by atoms with E-state index in [1.54, 1.807) is 0 Å². The Morgan fingerprint density at radius 1 is 1.29 bits per heavy atom. The molecule has 154 valence electrons. The fraction of sp³-hybridized carbons (Fsp3) is 0.600. The van der Waals surface area contributed by atoms with Crippen LogP contribution in [0.15, 0.2) is 24.3 Å². The highest BCUT2D eigenvalue weighted by atomic mass is 32.2. The van der Waals surface area contributed by atoms with Gasteiger partial charge in [-0.15, -0.1) is 0 Å². The molecule has 0 radical (unpaired) electrons. The van der Waals surface area contributed by atoms with Crippen molar-refractivity contribution < 1.29 is 22.7 Å². The lowest BCUT2D eigenvalue weighted by Gasteiger charge is -2.39. The van der Waals surface area contributed by atoms with E-state index < -0.39 is 9.84 Å². The van der Waals surface area contributed by atoms with Gasteiger partial charge < -0.3 is 15.0 Å². The van der Waals surface area contributed by atoms with Crippen molar-refractivity contribution in [1.82, 2.24) is 10.2 Å². The number of likely N-dealkylation sites (tertiary alicyclic amines) is 1. The van der Waals surface area contributed by atoms with Crippen LogP contribution in [0.3, 0.4) is 0 Å². The van der Waals surface area contributed by atoms with Crippen LogP contribution in [0.1, 0.15) is 44.1 Å². The van der Waals surface area contributed by atoms with Gasteiger partial charge in [-0.25, -0.2) is 8.42 Å². The topological polar surface area (TPSA) is 92.8 Å². The first kappa shape index (κ1) is 20.6. The Hall–Kier alpha value is -2.09. The highest BCUT2D eigenvalue weighted by Crippen LogP contribution is 2.35. The molecule has 0 bridgehead atoms. The van der Waals surface area contributed by atoms with Crippen molar-refractivity contribution >= 4 is 21.7 Å². The fourth-order valence-corrected chi connectivity index (χ4v) is 4.66. The first-order valence-electron chi connectivity index (χ1n) is 9.74. The molecule has 0 aromatic heterocycles. The number of amides is 2. The second kappa shape index (κ2) is 8.51. The molecule has 2 amide bonds. The molecule has 8 heteroatoms. The zero-order valence-corrected chi connectivity index (χ0v) is 17.2. The fourth-order valence-electron chi connectivity index (χ4n) is 3.99. The Balaban J connectivity index is 1.50. The third kappa shape index (κ3) is 5.04. The van der Waals surface area contributed by atoms with Gasteiger partial charge in [-0.2, -0.15) is 0 Å². The first-order chi connectivity index (χ1) is 13.2. The molecule has 28 heavy (non-hydrogen) atoms. The number of benzene rings is 1. The van der Waals surface area contributed by atoms with Crippen LogP contribution < -0.4 is 10.1 Å². The summed E-state index contributed by atoms with van der Waals surface area (Å²) in [6.07, 6.45) is 3.10. The van der Waals surface area contributed by atoms with Crippen LogP contribution >= 0.6 is 0 Å². The van der Waals surface area contributed by atoms with E-state index in [0.717, 1.165) is 11.3 Å². The summed E-state index contributed by atoms with van der Waals surface area (Å²) in [5.74, 6) is 0.494. The quantitative estimate of drug-likeness (QED) is 0.770. The Bertz CT molecular complexity index is 839. The molecule has 2 aliphatic rings. The summed E-state index contributed by atoms with van der Waals surface area (Å²) in [4.78, 5) is 27.0. The number of piperidine rings is 1. The SMILES string of the molecule is CC1CC(NC(=O)CCCS(C)(=O)=O)CCN1C(=O)C1COc2ccccc21. The van der Waals surface area contributed by atoms with Gasteiger partial charge in [0.25, 0.3) is 0 Å². The average molecular weight is 409 g/mol. The molecule has 0 spiro atoms. The van der Waals surface area contributed by atoms with Crippen LogP contribution in [0, 0.1) is 0 Å². The molecule has 0 aliphatic carbocycles. The molecule has 3 rings (SSSR count). The third-order valence-corrected chi connectivity index (χ3v) is 6.47. The van der Waals surface area contributed by atoms with E-state index in [0.29, 0.717) is 32.4 Å². The summed E-state index contributed by atoms with van der Waals surface area (Å²) >= 11 is 0. The summed E-state index contributed by atoms with van der Waals surface area (Å²) in [7, 11) is -3.04. The van der Waals surface area contributed by atoms with E-state index in [1.807, 2.05) is 36.1 Å². The van der Waals surface area contributed by atoms with Gasteiger partial charge in [0.1, 0.15) is 28.1 Å². The number of nitrogens with one attached hydrogen (secondary N) is 1. The van der Waals surface area contributed by atoms with Gasteiger partial charge in [0.15, 0.2) is 0 Å². The van der Waals surface area contributed by atoms with Gasteiger partial charge in [0, 0.05) is 36.9 Å². The van der Waals surface area contributed by atoms with Crippen LogP contribution in [0.5, 0.6) is 5.75 Å². The molecule has 2 aliphatic heterocycles. The van der Waals surface area contributed by atoms with Gasteiger partial charge in [0.05, 0.1) is 5.75 Å². The molecule has 1 aromatic rings. The maximum atomic E-state index is 13.0. The lowest BCUT2D eigenvalue weighted by Crippen LogP contribution is -2.52. The minimum Gasteiger partial charge on any atom is -0.492 e. The Morgan fingerprint density at radius 3 is 2.75 bits per heavy atom. The molecule has 1 N–H and O–H groups in total. The van der Waals surface area contributed by atoms with Gasteiger partial charge in [-0.05, 0) is 32.3 Å². The minimum atomic E-state index is -3.04. The van der Waals surface area contributed by atoms with E-state index in [9.17, 15) is 18.0 Å². The summed E-state index contributed by atoms with van der Waals surface area (Å²) < 4.78 is 28.0. The van der Waals surface area contributed by atoms with E-state index in [-0.39, 0.29) is 42.0 Å². The molecule has 1 fully saturated rings. The van der Waals surface area contributed by atoms with Crippen LogP contribution in [-0.4, -0.2) is 62.4 Å². The number of carbonyl (C=O) groups excluding carboxylic acids is 2. The third-order valence-electron chi connectivity index (χ3n) is 5.44. The maximum absolute atomic E-state index is 13.0. The van der Waals surface area contributed by atoms with Crippen molar-refractivity contribution in [2.75, 3.05) is 25.2 Å². The van der Waals surface area contributed by atoms with Crippen molar-refractivity contribution in [2.24, 2.45) is 0 Å². The minimum absolute atomic E-state index is 0.0110. The zero-order chi connectivity index (χ0) is 20.3. The normalized spacial score (nSPS) is 24.4. The van der Waals surface area contributed by atoms with Gasteiger partial charge in [-0.1, -0.05) is 18.2 Å². The number of ether oxygens (including phenoxy) is 1. The van der Waals surface area contributed by atoms with Gasteiger partial charge >= 0.3 is 0 Å². The standard InChI is InChI=1S/C20H28N2O5S/c1-14-12-15(21-19(23)8-5-11-28(2,25)26)9-10-22(14)20(24)17-13-27-18-7-4-3-6-16(17)18/h3-4,6-7,14-15,17H,5,8-13H2,1-2H3,(H,21,23). The van der Waals surface area contributed by atoms with Crippen molar-refractivity contribution in [1.29, 1.82) is 0 Å². The average Bonchev–Trinajstić information content (AvgIpc) is 3.04. The van der Waals surface area contributed by atoms with Crippen LogP contribution in [0.4, 0.5) is 0 Å². The molecule has 3 unspecified atom stereocenters. The molecule has 1 saturated heterocycles. The molecular formula is C20H28N2O5S. The van der Waals surface area contributed by atoms with E-state index in [1.165, 1.54) is 6.26 Å². The van der Waals surface area contributed by atoms with Crippen molar-refractivity contribution in [2.45, 2.75) is 50.6 Å². The van der Waals surface area contributed by atoms with E-state index in [2.05, 4.69) is 5.32 Å². The Labute approximate surface area is 166 Å². The summed E-state index contributed by atoms with van der Waals surface area (Å²) in [5, 5.41) is 2.98. The molecule has 3 atom stereocenters. The van der Waals surface area contributed by atoms with E-state index in [4.69, 9.17) is 4.74 Å². The number of para-hydroxylation sites is 1. The van der Waals surface area contributed by atoms with Crippen LogP contribution in [0.25, 0.3) is 0 Å². The number of rotatable bonds is 6. The van der Waals surface area contributed by atoms with Crippen molar-refractivity contribution in [3.8, 4) is 5.75 Å². The number of fused-ring (bicyclic) bond motifs is 1. The number of carbonyl (C=O) groups is 2. The second-order valence-corrected chi connectivity index (χ2v) is 10.1. The molecule has 7 nitrogen and oxygen atoms in total. The number of hydrogen-bond donors (Lipinski definition) is 1. The first-order valence-corrected chi connectivity index (χ1v) is 11.8. The second-order valence-electron chi connectivity index (χ2n) is 7.80. The smallest absolute Gasteiger partial charge is 0.233 e.